The summed E-state index contributed by atoms with van der Waals surface area (Å²) in [6.07, 6.45) is -1.12. The number of amides is 1. The van der Waals surface area contributed by atoms with Gasteiger partial charge in [0.1, 0.15) is 11.6 Å². The van der Waals surface area contributed by atoms with Crippen molar-refractivity contribution < 1.29 is 23.0 Å². The smallest absolute Gasteiger partial charge is 0.408 e. The quantitative estimate of drug-likeness (QED) is 0.835. The van der Waals surface area contributed by atoms with E-state index in [2.05, 4.69) is 5.32 Å². The number of alkyl carbamates (subject to hydrolysis) is 1. The average molecular weight is 265 g/mol. The number of halogens is 2. The third kappa shape index (κ3) is 4.40. The maximum Gasteiger partial charge on any atom is 0.408 e. The van der Waals surface area contributed by atoms with Crippen LogP contribution < -0.4 is 5.32 Å². The lowest BCUT2D eigenvalue weighted by molar-refractivity contribution is -0.150. The first-order valence-electron chi connectivity index (χ1n) is 6.13. The summed E-state index contributed by atoms with van der Waals surface area (Å²) in [6, 6.07) is -1.32. The van der Waals surface area contributed by atoms with E-state index in [0.29, 0.717) is 6.42 Å². The van der Waals surface area contributed by atoms with E-state index in [4.69, 9.17) is 9.47 Å². The number of nitrogens with one attached hydrogen (secondary N) is 1. The van der Waals surface area contributed by atoms with Crippen molar-refractivity contribution in [3.63, 3.8) is 0 Å². The molecule has 1 aliphatic rings. The van der Waals surface area contributed by atoms with Crippen LogP contribution in [0.3, 0.4) is 0 Å². The molecule has 2 atom stereocenters. The van der Waals surface area contributed by atoms with Gasteiger partial charge in [-0.1, -0.05) is 6.92 Å². The number of hydrogen-bond donors (Lipinski definition) is 1. The Bertz CT molecular complexity index is 302. The van der Waals surface area contributed by atoms with Crippen molar-refractivity contribution in [1.29, 1.82) is 0 Å². The summed E-state index contributed by atoms with van der Waals surface area (Å²) in [5, 5.41) is 2.17. The highest BCUT2D eigenvalue weighted by Gasteiger charge is 2.46. The van der Waals surface area contributed by atoms with Gasteiger partial charge in [0, 0.05) is 6.42 Å². The molecule has 0 radical (unpaired) electrons. The summed E-state index contributed by atoms with van der Waals surface area (Å²) in [6.45, 7) is 6.63. The van der Waals surface area contributed by atoms with Crippen LogP contribution in [0, 0.1) is 0 Å². The lowest BCUT2D eigenvalue weighted by Crippen LogP contribution is -2.56. The molecular weight excluding hydrogens is 244 g/mol. The van der Waals surface area contributed by atoms with Crippen molar-refractivity contribution in [3.05, 3.63) is 0 Å². The summed E-state index contributed by atoms with van der Waals surface area (Å²) in [5.41, 5.74) is -0.707. The molecule has 1 aliphatic heterocycles. The van der Waals surface area contributed by atoms with Gasteiger partial charge in [0.05, 0.1) is 12.7 Å². The average Bonchev–Trinajstić information content (AvgIpc) is 2.17. The summed E-state index contributed by atoms with van der Waals surface area (Å²) in [5.74, 6) is -2.96. The molecule has 0 spiro atoms. The van der Waals surface area contributed by atoms with Crippen molar-refractivity contribution in [2.24, 2.45) is 0 Å². The first-order chi connectivity index (χ1) is 8.14. The van der Waals surface area contributed by atoms with E-state index in [0.717, 1.165) is 0 Å². The van der Waals surface area contributed by atoms with E-state index < -0.39 is 29.8 Å². The molecule has 0 aromatic heterocycles. The predicted octanol–water partition coefficient (Wildman–Crippen LogP) is 2.71. The van der Waals surface area contributed by atoms with Crippen LogP contribution in [-0.2, 0) is 9.47 Å². The second-order valence-electron chi connectivity index (χ2n) is 5.53. The summed E-state index contributed by atoms with van der Waals surface area (Å²) in [4.78, 5) is 11.4. The van der Waals surface area contributed by atoms with E-state index in [-0.39, 0.29) is 13.0 Å². The normalized spacial score (nSPS) is 27.7. The molecule has 1 saturated heterocycles. The number of ether oxygens (including phenoxy) is 2. The third-order valence-corrected chi connectivity index (χ3v) is 2.65. The molecule has 0 aromatic rings. The van der Waals surface area contributed by atoms with Gasteiger partial charge < -0.3 is 14.8 Å². The van der Waals surface area contributed by atoms with Crippen LogP contribution in [0.15, 0.2) is 0 Å². The number of carbonyl (C=O) groups excluding carboxylic acids is 1. The van der Waals surface area contributed by atoms with Crippen LogP contribution in [0.1, 0.15) is 40.5 Å². The SMILES string of the molecule is CC[C@@H]1CC(F)(F)[C@@H](NC(=O)OC(C)(C)C)CO1. The molecule has 1 heterocycles. The van der Waals surface area contributed by atoms with Crippen molar-refractivity contribution in [2.45, 2.75) is 64.2 Å². The Hall–Kier alpha value is -0.910. The molecule has 1 rings (SSSR count). The Kier molecular flexibility index (Phi) is 4.53. The number of rotatable bonds is 2. The minimum atomic E-state index is -2.96. The number of alkyl halides is 2. The molecule has 18 heavy (non-hydrogen) atoms. The summed E-state index contributed by atoms with van der Waals surface area (Å²) >= 11 is 0. The fourth-order valence-corrected chi connectivity index (χ4v) is 1.72. The molecule has 1 amide bonds. The molecule has 0 aromatic carbocycles. The summed E-state index contributed by atoms with van der Waals surface area (Å²) < 4.78 is 37.7. The maximum absolute atomic E-state index is 13.7. The van der Waals surface area contributed by atoms with E-state index in [1.807, 2.05) is 0 Å². The molecule has 1 N–H and O–H groups in total. The van der Waals surface area contributed by atoms with Gasteiger partial charge in [-0.25, -0.2) is 13.6 Å². The zero-order chi connectivity index (χ0) is 14.0. The van der Waals surface area contributed by atoms with Gasteiger partial charge in [0.15, 0.2) is 0 Å². The zero-order valence-electron chi connectivity index (χ0n) is 11.3. The van der Waals surface area contributed by atoms with Crippen LogP contribution >= 0.6 is 0 Å². The van der Waals surface area contributed by atoms with Crippen molar-refractivity contribution in [2.75, 3.05) is 6.61 Å². The maximum atomic E-state index is 13.7. The van der Waals surface area contributed by atoms with E-state index in [1.165, 1.54) is 0 Å². The van der Waals surface area contributed by atoms with Crippen molar-refractivity contribution in [3.8, 4) is 0 Å². The highest BCUT2D eigenvalue weighted by Crippen LogP contribution is 2.31. The minimum Gasteiger partial charge on any atom is -0.444 e. The van der Waals surface area contributed by atoms with Gasteiger partial charge in [-0.05, 0) is 27.2 Å². The topological polar surface area (TPSA) is 47.6 Å². The fourth-order valence-electron chi connectivity index (χ4n) is 1.72. The van der Waals surface area contributed by atoms with Gasteiger partial charge in [-0.2, -0.15) is 0 Å². The predicted molar refractivity (Wildman–Crippen MR) is 62.8 cm³/mol. The first-order valence-corrected chi connectivity index (χ1v) is 6.13. The molecule has 106 valence electrons. The summed E-state index contributed by atoms with van der Waals surface area (Å²) in [7, 11) is 0. The van der Waals surface area contributed by atoms with Crippen molar-refractivity contribution >= 4 is 6.09 Å². The number of hydrogen-bond acceptors (Lipinski definition) is 3. The fraction of sp³-hybridized carbons (Fsp3) is 0.917. The van der Waals surface area contributed by atoms with Crippen LogP contribution in [0.2, 0.25) is 0 Å². The minimum absolute atomic E-state index is 0.190. The standard InChI is InChI=1S/C12H21F2NO3/c1-5-8-6-12(13,14)9(7-17-8)15-10(16)18-11(2,3)4/h8-9H,5-7H2,1-4H3,(H,15,16)/t8-,9+/m1/s1. The lowest BCUT2D eigenvalue weighted by atomic mass is 9.99. The van der Waals surface area contributed by atoms with E-state index >= 15 is 0 Å². The van der Waals surface area contributed by atoms with Crippen LogP contribution in [0.5, 0.6) is 0 Å². The Labute approximate surface area is 106 Å². The van der Waals surface area contributed by atoms with Gasteiger partial charge in [-0.3, -0.25) is 0 Å². The van der Waals surface area contributed by atoms with Gasteiger partial charge >= 0.3 is 6.09 Å². The largest absolute Gasteiger partial charge is 0.444 e. The molecule has 0 aliphatic carbocycles. The molecule has 1 fully saturated rings. The second-order valence-corrected chi connectivity index (χ2v) is 5.53. The lowest BCUT2D eigenvalue weighted by Gasteiger charge is -2.36. The van der Waals surface area contributed by atoms with Crippen molar-refractivity contribution in [1.82, 2.24) is 5.32 Å². The van der Waals surface area contributed by atoms with Crippen LogP contribution in [-0.4, -0.2) is 36.4 Å². The van der Waals surface area contributed by atoms with E-state index in [9.17, 15) is 13.6 Å². The monoisotopic (exact) mass is 265 g/mol. The highest BCUT2D eigenvalue weighted by molar-refractivity contribution is 5.68. The Balaban J connectivity index is 2.54. The molecule has 0 unspecified atom stereocenters. The molecule has 4 nitrogen and oxygen atoms in total. The molecule has 6 heteroatoms. The Morgan fingerprint density at radius 3 is 2.56 bits per heavy atom. The molecule has 0 bridgehead atoms. The molecular formula is C12H21F2NO3. The van der Waals surface area contributed by atoms with E-state index in [1.54, 1.807) is 27.7 Å². The highest BCUT2D eigenvalue weighted by atomic mass is 19.3. The molecule has 0 saturated carbocycles. The van der Waals surface area contributed by atoms with Gasteiger partial charge in [0.25, 0.3) is 5.92 Å². The zero-order valence-corrected chi connectivity index (χ0v) is 11.3. The van der Waals surface area contributed by atoms with Crippen LogP contribution in [0.25, 0.3) is 0 Å². The third-order valence-electron chi connectivity index (χ3n) is 2.65. The second kappa shape index (κ2) is 5.38. The first kappa shape index (κ1) is 15.1. The van der Waals surface area contributed by atoms with Gasteiger partial charge in [0.2, 0.25) is 0 Å². The Morgan fingerprint density at radius 2 is 2.11 bits per heavy atom. The van der Waals surface area contributed by atoms with Crippen LogP contribution in [0.4, 0.5) is 13.6 Å². The van der Waals surface area contributed by atoms with Gasteiger partial charge in [-0.15, -0.1) is 0 Å². The Morgan fingerprint density at radius 1 is 1.50 bits per heavy atom. The number of carbonyl (C=O) groups is 1.